The molecule has 0 unspecified atom stereocenters. The van der Waals surface area contributed by atoms with Crippen LogP contribution in [0.3, 0.4) is 0 Å². The molecule has 0 radical (unpaired) electrons. The Labute approximate surface area is 124 Å². The number of carbonyl (C=O) groups excluding carboxylic acids is 1. The molecule has 0 atom stereocenters. The van der Waals surface area contributed by atoms with Crippen LogP contribution < -0.4 is 0 Å². The molecule has 2 aliphatic heterocycles. The van der Waals surface area contributed by atoms with Crippen LogP contribution in [-0.4, -0.2) is 55.1 Å². The summed E-state index contributed by atoms with van der Waals surface area (Å²) in [7, 11) is 1.37. The number of esters is 1. The Hall–Kier alpha value is -1.50. The number of pyridine rings is 1. The zero-order valence-corrected chi connectivity index (χ0v) is 12.2. The first-order chi connectivity index (χ1) is 10.2. The van der Waals surface area contributed by atoms with Gasteiger partial charge in [0.05, 0.1) is 31.6 Å². The van der Waals surface area contributed by atoms with Gasteiger partial charge in [-0.25, -0.2) is 4.79 Å². The summed E-state index contributed by atoms with van der Waals surface area (Å²) < 4.78 is 16.1. The van der Waals surface area contributed by atoms with E-state index in [0.29, 0.717) is 18.8 Å². The van der Waals surface area contributed by atoms with Gasteiger partial charge >= 0.3 is 5.97 Å². The number of hydrogen-bond acceptors (Lipinski definition) is 6. The van der Waals surface area contributed by atoms with Crippen LogP contribution in [0, 0.1) is 0 Å². The third kappa shape index (κ3) is 3.23. The van der Waals surface area contributed by atoms with Crippen LogP contribution >= 0.6 is 0 Å². The van der Waals surface area contributed by atoms with E-state index >= 15 is 0 Å². The second kappa shape index (κ2) is 6.09. The Morgan fingerprint density at radius 3 is 2.62 bits per heavy atom. The molecular formula is C15H20N2O4. The highest BCUT2D eigenvalue weighted by atomic mass is 16.7. The first-order valence-electron chi connectivity index (χ1n) is 7.24. The topological polar surface area (TPSA) is 60.9 Å². The SMILES string of the molecule is COC(=O)c1ccc(CN2CCC3(CC2)OCCO3)nc1. The van der Waals surface area contributed by atoms with Gasteiger partial charge in [-0.2, -0.15) is 0 Å². The number of hydrogen-bond donors (Lipinski definition) is 0. The van der Waals surface area contributed by atoms with Crippen molar-refractivity contribution in [2.24, 2.45) is 0 Å². The summed E-state index contributed by atoms with van der Waals surface area (Å²) in [5.41, 5.74) is 1.43. The average Bonchev–Trinajstić information content (AvgIpc) is 2.98. The minimum Gasteiger partial charge on any atom is -0.465 e. The van der Waals surface area contributed by atoms with Crippen LogP contribution in [0.2, 0.25) is 0 Å². The molecule has 3 rings (SSSR count). The first kappa shape index (κ1) is 14.4. The molecule has 2 saturated heterocycles. The third-order valence-electron chi connectivity index (χ3n) is 4.06. The van der Waals surface area contributed by atoms with Crippen molar-refractivity contribution in [1.29, 1.82) is 0 Å². The van der Waals surface area contributed by atoms with Crippen molar-refractivity contribution in [3.05, 3.63) is 29.6 Å². The summed E-state index contributed by atoms with van der Waals surface area (Å²) in [5, 5.41) is 0. The normalized spacial score (nSPS) is 21.6. The number of piperidine rings is 1. The third-order valence-corrected chi connectivity index (χ3v) is 4.06. The Balaban J connectivity index is 1.54. The van der Waals surface area contributed by atoms with Crippen molar-refractivity contribution in [3.8, 4) is 0 Å². The summed E-state index contributed by atoms with van der Waals surface area (Å²) in [4.78, 5) is 18.0. The number of nitrogens with zero attached hydrogens (tertiary/aromatic N) is 2. The molecule has 1 aromatic heterocycles. The minimum absolute atomic E-state index is 0.335. The Morgan fingerprint density at radius 2 is 2.05 bits per heavy atom. The lowest BCUT2D eigenvalue weighted by Gasteiger charge is -2.37. The van der Waals surface area contributed by atoms with Gasteiger partial charge in [-0.3, -0.25) is 9.88 Å². The highest BCUT2D eigenvalue weighted by Crippen LogP contribution is 2.31. The van der Waals surface area contributed by atoms with E-state index in [4.69, 9.17) is 9.47 Å². The summed E-state index contributed by atoms with van der Waals surface area (Å²) >= 11 is 0. The van der Waals surface area contributed by atoms with Gasteiger partial charge in [-0.1, -0.05) is 0 Å². The lowest BCUT2D eigenvalue weighted by molar-refractivity contribution is -0.185. The predicted octanol–water partition coefficient (Wildman–Crippen LogP) is 1.21. The van der Waals surface area contributed by atoms with Gasteiger partial charge in [0.1, 0.15) is 0 Å². The van der Waals surface area contributed by atoms with E-state index < -0.39 is 0 Å². The van der Waals surface area contributed by atoms with Crippen molar-refractivity contribution < 1.29 is 19.0 Å². The molecule has 0 aromatic carbocycles. The fourth-order valence-corrected chi connectivity index (χ4v) is 2.82. The molecular weight excluding hydrogens is 272 g/mol. The monoisotopic (exact) mass is 292 g/mol. The van der Waals surface area contributed by atoms with Crippen molar-refractivity contribution in [1.82, 2.24) is 9.88 Å². The molecule has 0 aliphatic carbocycles. The highest BCUT2D eigenvalue weighted by Gasteiger charge is 2.39. The standard InChI is InChI=1S/C15H20N2O4/c1-19-14(18)12-2-3-13(16-10-12)11-17-6-4-15(5-7-17)20-8-9-21-15/h2-3,10H,4-9,11H2,1H3. The molecule has 1 spiro atoms. The van der Waals surface area contributed by atoms with Crippen LogP contribution in [-0.2, 0) is 20.8 Å². The molecule has 2 aliphatic rings. The van der Waals surface area contributed by atoms with E-state index in [1.165, 1.54) is 7.11 Å². The molecule has 2 fully saturated rings. The van der Waals surface area contributed by atoms with Crippen molar-refractivity contribution in [3.63, 3.8) is 0 Å². The van der Waals surface area contributed by atoms with E-state index in [1.807, 2.05) is 6.07 Å². The molecule has 114 valence electrons. The summed E-state index contributed by atoms with van der Waals surface area (Å²) in [6.45, 7) is 4.05. The summed E-state index contributed by atoms with van der Waals surface area (Å²) in [6.07, 6.45) is 3.36. The fraction of sp³-hybridized carbons (Fsp3) is 0.600. The lowest BCUT2D eigenvalue weighted by Crippen LogP contribution is -2.44. The molecule has 6 nitrogen and oxygen atoms in total. The van der Waals surface area contributed by atoms with Gasteiger partial charge in [-0.05, 0) is 12.1 Å². The molecule has 0 N–H and O–H groups in total. The van der Waals surface area contributed by atoms with E-state index in [-0.39, 0.29) is 11.8 Å². The second-order valence-electron chi connectivity index (χ2n) is 5.41. The van der Waals surface area contributed by atoms with Crippen LogP contribution in [0.5, 0.6) is 0 Å². The quantitative estimate of drug-likeness (QED) is 0.780. The van der Waals surface area contributed by atoms with Crippen LogP contribution in [0.15, 0.2) is 18.3 Å². The number of likely N-dealkylation sites (tertiary alicyclic amines) is 1. The zero-order valence-electron chi connectivity index (χ0n) is 12.2. The van der Waals surface area contributed by atoms with Gasteiger partial charge in [0.2, 0.25) is 0 Å². The van der Waals surface area contributed by atoms with Gasteiger partial charge in [0.15, 0.2) is 5.79 Å². The zero-order chi connectivity index (χ0) is 14.7. The molecule has 0 bridgehead atoms. The Kier molecular flexibility index (Phi) is 4.19. The Morgan fingerprint density at radius 1 is 1.33 bits per heavy atom. The number of aromatic nitrogens is 1. The van der Waals surface area contributed by atoms with Gasteiger partial charge in [0.25, 0.3) is 0 Å². The number of methoxy groups -OCH3 is 1. The van der Waals surface area contributed by atoms with Crippen LogP contribution in [0.25, 0.3) is 0 Å². The van der Waals surface area contributed by atoms with Crippen LogP contribution in [0.4, 0.5) is 0 Å². The van der Waals surface area contributed by atoms with Crippen molar-refractivity contribution in [2.75, 3.05) is 33.4 Å². The molecule has 6 heteroatoms. The van der Waals surface area contributed by atoms with E-state index in [1.54, 1.807) is 12.3 Å². The van der Waals surface area contributed by atoms with Crippen molar-refractivity contribution in [2.45, 2.75) is 25.2 Å². The summed E-state index contributed by atoms with van der Waals surface area (Å²) in [6, 6.07) is 3.63. The number of ether oxygens (including phenoxy) is 3. The van der Waals surface area contributed by atoms with Gasteiger partial charge in [-0.15, -0.1) is 0 Å². The maximum Gasteiger partial charge on any atom is 0.339 e. The van der Waals surface area contributed by atoms with E-state index in [9.17, 15) is 4.79 Å². The lowest BCUT2D eigenvalue weighted by atomic mass is 10.0. The smallest absolute Gasteiger partial charge is 0.339 e. The molecule has 0 amide bonds. The van der Waals surface area contributed by atoms with Gasteiger partial charge < -0.3 is 14.2 Å². The maximum atomic E-state index is 11.4. The predicted molar refractivity (Wildman–Crippen MR) is 74.7 cm³/mol. The number of rotatable bonds is 3. The van der Waals surface area contributed by atoms with Crippen molar-refractivity contribution >= 4 is 5.97 Å². The maximum absolute atomic E-state index is 11.4. The van der Waals surface area contributed by atoms with E-state index in [0.717, 1.165) is 38.2 Å². The molecule has 21 heavy (non-hydrogen) atoms. The van der Waals surface area contributed by atoms with Crippen LogP contribution in [0.1, 0.15) is 28.9 Å². The van der Waals surface area contributed by atoms with E-state index in [2.05, 4.69) is 14.6 Å². The second-order valence-corrected chi connectivity index (χ2v) is 5.41. The molecule has 1 aromatic rings. The largest absolute Gasteiger partial charge is 0.465 e. The minimum atomic E-state index is -0.357. The Bertz CT molecular complexity index is 487. The highest BCUT2D eigenvalue weighted by molar-refractivity contribution is 5.88. The molecule has 0 saturated carbocycles. The number of carbonyl (C=O) groups is 1. The summed E-state index contributed by atoms with van der Waals surface area (Å²) in [5.74, 6) is -0.692. The average molecular weight is 292 g/mol. The van der Waals surface area contributed by atoms with Gasteiger partial charge in [0, 0.05) is 38.7 Å². The molecule has 3 heterocycles. The first-order valence-corrected chi connectivity index (χ1v) is 7.24. The fourth-order valence-electron chi connectivity index (χ4n) is 2.82.